The van der Waals surface area contributed by atoms with E-state index < -0.39 is 0 Å². The lowest BCUT2D eigenvalue weighted by molar-refractivity contribution is 0.0991. The minimum atomic E-state index is 0.0400. The number of aryl methyl sites for hydroxylation is 2. The Hall–Kier alpha value is -1.77. The molecule has 3 aromatic rings. The lowest BCUT2D eigenvalue weighted by Gasteiger charge is -2.11. The fourth-order valence-corrected chi connectivity index (χ4v) is 4.34. The number of nitrogens with zero attached hydrogens (tertiary/aromatic N) is 4. The SMILES string of the molecule is OCCOCCNc1nc2sc3c(c2c2ncnn12)CCCC3. The number of aromatic nitrogens is 4. The van der Waals surface area contributed by atoms with Gasteiger partial charge in [-0.1, -0.05) is 0 Å². The minimum absolute atomic E-state index is 0.0400. The third kappa shape index (κ3) is 2.66. The standard InChI is InChI=1S/C15H19N5O2S/c21-6-8-22-7-5-16-15-19-14-12(13-17-9-18-20(13)15)10-3-1-2-4-11(10)23-14/h9,21H,1-8H2,(H,16,19). The predicted molar refractivity (Wildman–Crippen MR) is 89.2 cm³/mol. The van der Waals surface area contributed by atoms with Crippen molar-refractivity contribution in [2.24, 2.45) is 0 Å². The Morgan fingerprint density at radius 1 is 1.30 bits per heavy atom. The molecular weight excluding hydrogens is 314 g/mol. The molecule has 3 heterocycles. The van der Waals surface area contributed by atoms with Crippen LogP contribution in [0.5, 0.6) is 0 Å². The average Bonchev–Trinajstić information content (AvgIpc) is 3.18. The number of aliphatic hydroxyl groups excluding tert-OH is 1. The Balaban J connectivity index is 1.69. The summed E-state index contributed by atoms with van der Waals surface area (Å²) in [6.07, 6.45) is 6.34. The third-order valence-electron chi connectivity index (χ3n) is 4.10. The van der Waals surface area contributed by atoms with Crippen molar-refractivity contribution in [3.63, 3.8) is 0 Å². The molecule has 0 spiro atoms. The monoisotopic (exact) mass is 333 g/mol. The van der Waals surface area contributed by atoms with Gasteiger partial charge in [0.25, 0.3) is 0 Å². The van der Waals surface area contributed by atoms with Gasteiger partial charge in [0, 0.05) is 11.4 Å². The van der Waals surface area contributed by atoms with E-state index in [9.17, 15) is 0 Å². The number of hydrogen-bond donors (Lipinski definition) is 2. The van der Waals surface area contributed by atoms with E-state index in [2.05, 4.69) is 15.4 Å². The van der Waals surface area contributed by atoms with Crippen LogP contribution in [0.2, 0.25) is 0 Å². The van der Waals surface area contributed by atoms with Gasteiger partial charge in [-0.25, -0.2) is 9.97 Å². The lowest BCUT2D eigenvalue weighted by Crippen LogP contribution is -2.14. The van der Waals surface area contributed by atoms with Gasteiger partial charge in [0.15, 0.2) is 5.65 Å². The molecule has 4 rings (SSSR count). The van der Waals surface area contributed by atoms with E-state index in [0.29, 0.717) is 25.7 Å². The van der Waals surface area contributed by atoms with Gasteiger partial charge in [0.05, 0.1) is 25.2 Å². The van der Waals surface area contributed by atoms with Crippen LogP contribution in [0.25, 0.3) is 15.9 Å². The molecule has 7 nitrogen and oxygen atoms in total. The molecule has 0 amide bonds. The Morgan fingerprint density at radius 3 is 3.13 bits per heavy atom. The van der Waals surface area contributed by atoms with Crippen LogP contribution in [-0.4, -0.2) is 51.1 Å². The normalized spacial score (nSPS) is 14.5. The van der Waals surface area contributed by atoms with Gasteiger partial charge in [-0.2, -0.15) is 9.61 Å². The molecule has 2 N–H and O–H groups in total. The van der Waals surface area contributed by atoms with E-state index in [1.807, 2.05) is 0 Å². The van der Waals surface area contributed by atoms with E-state index >= 15 is 0 Å². The van der Waals surface area contributed by atoms with Gasteiger partial charge >= 0.3 is 0 Å². The molecule has 3 aromatic heterocycles. The van der Waals surface area contributed by atoms with Gasteiger partial charge in [0.1, 0.15) is 11.2 Å². The fraction of sp³-hybridized carbons (Fsp3) is 0.533. The summed E-state index contributed by atoms with van der Waals surface area (Å²) in [7, 11) is 0. The highest BCUT2D eigenvalue weighted by atomic mass is 32.1. The molecule has 0 atom stereocenters. The van der Waals surface area contributed by atoms with Crippen LogP contribution in [0.4, 0.5) is 5.95 Å². The maximum atomic E-state index is 8.72. The number of thiophene rings is 1. The van der Waals surface area contributed by atoms with E-state index in [1.54, 1.807) is 22.2 Å². The van der Waals surface area contributed by atoms with Crippen LogP contribution in [0.15, 0.2) is 6.33 Å². The molecule has 0 saturated heterocycles. The van der Waals surface area contributed by atoms with Crippen molar-refractivity contribution in [1.29, 1.82) is 0 Å². The number of rotatable bonds is 6. The van der Waals surface area contributed by atoms with Crippen LogP contribution < -0.4 is 5.32 Å². The summed E-state index contributed by atoms with van der Waals surface area (Å²) in [5.41, 5.74) is 2.30. The molecule has 0 unspecified atom stereocenters. The van der Waals surface area contributed by atoms with Gasteiger partial charge in [0.2, 0.25) is 5.95 Å². The number of hydrogen-bond acceptors (Lipinski definition) is 7. The Morgan fingerprint density at radius 2 is 2.22 bits per heavy atom. The highest BCUT2D eigenvalue weighted by Gasteiger charge is 2.21. The summed E-state index contributed by atoms with van der Waals surface area (Å²) in [6.45, 7) is 1.51. The van der Waals surface area contributed by atoms with Gasteiger partial charge < -0.3 is 15.2 Å². The molecule has 8 heteroatoms. The van der Waals surface area contributed by atoms with Crippen LogP contribution >= 0.6 is 11.3 Å². The molecule has 0 aliphatic heterocycles. The zero-order valence-electron chi connectivity index (χ0n) is 12.8. The summed E-state index contributed by atoms with van der Waals surface area (Å²) < 4.78 is 7.04. The first kappa shape index (κ1) is 14.8. The Kier molecular flexibility index (Phi) is 4.11. The molecule has 1 aliphatic rings. The minimum Gasteiger partial charge on any atom is -0.394 e. The number of fused-ring (bicyclic) bond motifs is 5. The maximum absolute atomic E-state index is 8.72. The zero-order valence-corrected chi connectivity index (χ0v) is 13.6. The molecule has 0 radical (unpaired) electrons. The topological polar surface area (TPSA) is 84.6 Å². The van der Waals surface area contributed by atoms with Crippen LogP contribution in [0.1, 0.15) is 23.3 Å². The molecule has 122 valence electrons. The van der Waals surface area contributed by atoms with E-state index in [0.717, 1.165) is 23.3 Å². The number of anilines is 1. The van der Waals surface area contributed by atoms with Crippen molar-refractivity contribution in [2.75, 3.05) is 31.7 Å². The summed E-state index contributed by atoms with van der Waals surface area (Å²) in [4.78, 5) is 11.7. The first-order valence-electron chi connectivity index (χ1n) is 7.95. The van der Waals surface area contributed by atoms with Crippen molar-refractivity contribution in [1.82, 2.24) is 19.6 Å². The number of ether oxygens (including phenoxy) is 1. The number of nitrogens with one attached hydrogen (secondary N) is 1. The molecule has 0 aromatic carbocycles. The van der Waals surface area contributed by atoms with Crippen molar-refractivity contribution >= 4 is 33.1 Å². The molecule has 0 saturated carbocycles. The van der Waals surface area contributed by atoms with Gasteiger partial charge in [-0.3, -0.25) is 0 Å². The Labute approximate surface area is 137 Å². The predicted octanol–water partition coefficient (Wildman–Crippen LogP) is 1.64. The number of aliphatic hydroxyl groups is 1. The molecule has 0 bridgehead atoms. The molecule has 23 heavy (non-hydrogen) atoms. The molecule has 1 aliphatic carbocycles. The highest BCUT2D eigenvalue weighted by Crippen LogP contribution is 2.37. The molecular formula is C15H19N5O2S. The van der Waals surface area contributed by atoms with Gasteiger partial charge in [-0.15, -0.1) is 11.3 Å². The molecule has 0 fully saturated rings. The Bertz CT molecular complexity index is 828. The van der Waals surface area contributed by atoms with Crippen molar-refractivity contribution in [3.8, 4) is 0 Å². The first-order valence-corrected chi connectivity index (χ1v) is 8.76. The summed E-state index contributed by atoms with van der Waals surface area (Å²) >= 11 is 1.78. The lowest BCUT2D eigenvalue weighted by atomic mass is 9.97. The second-order valence-electron chi connectivity index (χ2n) is 5.58. The highest BCUT2D eigenvalue weighted by molar-refractivity contribution is 7.19. The maximum Gasteiger partial charge on any atom is 0.227 e. The third-order valence-corrected chi connectivity index (χ3v) is 5.28. The fourth-order valence-electron chi connectivity index (χ4n) is 3.09. The van der Waals surface area contributed by atoms with Crippen LogP contribution in [0, 0.1) is 0 Å². The second-order valence-corrected chi connectivity index (χ2v) is 6.67. The van der Waals surface area contributed by atoms with Gasteiger partial charge in [-0.05, 0) is 31.2 Å². The van der Waals surface area contributed by atoms with E-state index in [-0.39, 0.29) is 6.61 Å². The zero-order chi connectivity index (χ0) is 15.6. The van der Waals surface area contributed by atoms with E-state index in [4.69, 9.17) is 14.8 Å². The van der Waals surface area contributed by atoms with Crippen molar-refractivity contribution in [2.45, 2.75) is 25.7 Å². The summed E-state index contributed by atoms with van der Waals surface area (Å²) in [5, 5.41) is 17.5. The summed E-state index contributed by atoms with van der Waals surface area (Å²) in [6, 6.07) is 0. The van der Waals surface area contributed by atoms with E-state index in [1.165, 1.54) is 28.7 Å². The van der Waals surface area contributed by atoms with Crippen molar-refractivity contribution < 1.29 is 9.84 Å². The van der Waals surface area contributed by atoms with Crippen LogP contribution in [0.3, 0.4) is 0 Å². The van der Waals surface area contributed by atoms with Crippen LogP contribution in [-0.2, 0) is 17.6 Å². The van der Waals surface area contributed by atoms with Crippen molar-refractivity contribution in [3.05, 3.63) is 16.8 Å². The second kappa shape index (κ2) is 6.38. The smallest absolute Gasteiger partial charge is 0.227 e. The summed E-state index contributed by atoms with van der Waals surface area (Å²) in [5.74, 6) is 0.691. The quantitative estimate of drug-likeness (QED) is 0.667. The largest absolute Gasteiger partial charge is 0.394 e. The first-order chi connectivity index (χ1) is 11.4. The average molecular weight is 333 g/mol.